The molecule has 2 unspecified atom stereocenters. The van der Waals surface area contributed by atoms with Gasteiger partial charge in [0.15, 0.2) is 0 Å². The molecule has 92 valence electrons. The summed E-state index contributed by atoms with van der Waals surface area (Å²) in [4.78, 5) is 0. The maximum atomic E-state index is 9.59. The Bertz CT molecular complexity index is 430. The molecule has 2 aliphatic rings. The van der Waals surface area contributed by atoms with Crippen molar-refractivity contribution in [2.45, 2.75) is 38.2 Å². The van der Waals surface area contributed by atoms with Gasteiger partial charge in [0.2, 0.25) is 0 Å². The van der Waals surface area contributed by atoms with Gasteiger partial charge in [-0.1, -0.05) is 15.9 Å². The molecule has 0 spiro atoms. The number of hydrogen-bond acceptors (Lipinski definition) is 2. The van der Waals surface area contributed by atoms with Crippen molar-refractivity contribution in [1.82, 2.24) is 0 Å². The van der Waals surface area contributed by atoms with E-state index in [-0.39, 0.29) is 6.10 Å². The fraction of sp³-hybridized carbons (Fsp3) is 0.571. The molecule has 2 nitrogen and oxygen atoms in total. The smallest absolute Gasteiger partial charge is 0.125 e. The van der Waals surface area contributed by atoms with Crippen LogP contribution in [0.1, 0.15) is 30.4 Å². The lowest BCUT2D eigenvalue weighted by molar-refractivity contribution is 0.177. The zero-order chi connectivity index (χ0) is 11.8. The van der Waals surface area contributed by atoms with E-state index in [9.17, 15) is 5.11 Å². The Morgan fingerprint density at radius 2 is 2.24 bits per heavy atom. The normalized spacial score (nSPS) is 26.9. The average Bonchev–Trinajstić information content (AvgIpc) is 2.87. The first-order valence-corrected chi connectivity index (χ1v) is 7.14. The quantitative estimate of drug-likeness (QED) is 0.909. The molecule has 1 fully saturated rings. The highest BCUT2D eigenvalue weighted by molar-refractivity contribution is 9.10. The van der Waals surface area contributed by atoms with Crippen molar-refractivity contribution >= 4 is 15.9 Å². The number of rotatable bonds is 2. The van der Waals surface area contributed by atoms with E-state index < -0.39 is 0 Å². The molecule has 1 aromatic rings. The summed E-state index contributed by atoms with van der Waals surface area (Å²) in [6.45, 7) is 0.812. The van der Waals surface area contributed by atoms with Crippen LogP contribution in [0.15, 0.2) is 16.6 Å². The van der Waals surface area contributed by atoms with Crippen molar-refractivity contribution in [3.8, 4) is 5.75 Å². The predicted molar refractivity (Wildman–Crippen MR) is 70.4 cm³/mol. The van der Waals surface area contributed by atoms with Gasteiger partial charge in [0.1, 0.15) is 5.75 Å². The third-order valence-electron chi connectivity index (χ3n) is 3.85. The van der Waals surface area contributed by atoms with Crippen LogP contribution in [-0.2, 0) is 12.8 Å². The maximum Gasteiger partial charge on any atom is 0.125 e. The van der Waals surface area contributed by atoms with Crippen LogP contribution in [0.4, 0.5) is 0 Å². The van der Waals surface area contributed by atoms with Crippen LogP contribution in [0.3, 0.4) is 0 Å². The molecule has 0 amide bonds. The van der Waals surface area contributed by atoms with Crippen LogP contribution >= 0.6 is 15.9 Å². The lowest BCUT2D eigenvalue weighted by Crippen LogP contribution is -2.04. The van der Waals surface area contributed by atoms with Gasteiger partial charge in [-0.25, -0.2) is 0 Å². The molecule has 1 saturated carbocycles. The van der Waals surface area contributed by atoms with E-state index in [4.69, 9.17) is 4.74 Å². The van der Waals surface area contributed by atoms with Gasteiger partial charge in [0, 0.05) is 10.9 Å². The Morgan fingerprint density at radius 3 is 3.00 bits per heavy atom. The van der Waals surface area contributed by atoms with Crippen LogP contribution in [0.2, 0.25) is 0 Å². The van der Waals surface area contributed by atoms with E-state index in [2.05, 4.69) is 28.1 Å². The Labute approximate surface area is 110 Å². The summed E-state index contributed by atoms with van der Waals surface area (Å²) < 4.78 is 6.89. The number of ether oxygens (including phenoxy) is 1. The van der Waals surface area contributed by atoms with Gasteiger partial charge in [-0.05, 0) is 54.9 Å². The van der Waals surface area contributed by atoms with Crippen molar-refractivity contribution in [3.63, 3.8) is 0 Å². The van der Waals surface area contributed by atoms with Gasteiger partial charge in [-0.2, -0.15) is 0 Å². The summed E-state index contributed by atoms with van der Waals surface area (Å²) in [6.07, 6.45) is 5.03. The van der Waals surface area contributed by atoms with Crippen LogP contribution in [0.25, 0.3) is 0 Å². The minimum Gasteiger partial charge on any atom is -0.493 e. The van der Waals surface area contributed by atoms with E-state index in [0.717, 1.165) is 48.9 Å². The van der Waals surface area contributed by atoms with Gasteiger partial charge < -0.3 is 9.84 Å². The lowest BCUT2D eigenvalue weighted by atomic mass is 9.95. The fourth-order valence-electron chi connectivity index (χ4n) is 3.04. The number of benzene rings is 1. The second-order valence-electron chi connectivity index (χ2n) is 5.19. The number of halogens is 1. The number of aliphatic hydroxyl groups excluding tert-OH is 1. The third-order valence-corrected chi connectivity index (χ3v) is 4.31. The molecule has 3 heteroatoms. The van der Waals surface area contributed by atoms with Crippen LogP contribution in [0, 0.1) is 5.92 Å². The molecule has 1 heterocycles. The molecule has 0 aromatic heterocycles. The van der Waals surface area contributed by atoms with Crippen molar-refractivity contribution < 1.29 is 9.84 Å². The van der Waals surface area contributed by atoms with E-state index in [1.807, 2.05) is 0 Å². The molecule has 0 saturated heterocycles. The topological polar surface area (TPSA) is 29.5 Å². The molecule has 1 aliphatic carbocycles. The van der Waals surface area contributed by atoms with E-state index in [1.165, 1.54) is 11.1 Å². The van der Waals surface area contributed by atoms with Gasteiger partial charge in [-0.15, -0.1) is 0 Å². The minimum atomic E-state index is -0.0823. The number of aliphatic hydroxyl groups is 1. The van der Waals surface area contributed by atoms with E-state index in [1.54, 1.807) is 0 Å². The first kappa shape index (κ1) is 11.5. The summed E-state index contributed by atoms with van der Waals surface area (Å²) in [5.74, 6) is 1.72. The highest BCUT2D eigenvalue weighted by atomic mass is 79.9. The fourth-order valence-corrected chi connectivity index (χ4v) is 3.60. The summed E-state index contributed by atoms with van der Waals surface area (Å²) in [6, 6.07) is 4.34. The Kier molecular flexibility index (Phi) is 3.14. The highest BCUT2D eigenvalue weighted by Gasteiger charge is 2.25. The average molecular weight is 297 g/mol. The zero-order valence-corrected chi connectivity index (χ0v) is 11.4. The summed E-state index contributed by atoms with van der Waals surface area (Å²) in [5.41, 5.74) is 2.64. The zero-order valence-electron chi connectivity index (χ0n) is 9.79. The molecule has 17 heavy (non-hydrogen) atoms. The van der Waals surface area contributed by atoms with Crippen LogP contribution in [0.5, 0.6) is 5.75 Å². The second kappa shape index (κ2) is 4.62. The largest absolute Gasteiger partial charge is 0.493 e. The summed E-state index contributed by atoms with van der Waals surface area (Å²) >= 11 is 3.57. The molecular weight excluding hydrogens is 280 g/mol. The summed E-state index contributed by atoms with van der Waals surface area (Å²) in [5, 5.41) is 9.59. The van der Waals surface area contributed by atoms with Crippen molar-refractivity contribution in [1.29, 1.82) is 0 Å². The monoisotopic (exact) mass is 296 g/mol. The summed E-state index contributed by atoms with van der Waals surface area (Å²) in [7, 11) is 0. The lowest BCUT2D eigenvalue weighted by Gasteiger charge is -2.13. The van der Waals surface area contributed by atoms with Crippen LogP contribution in [-0.4, -0.2) is 17.8 Å². The van der Waals surface area contributed by atoms with Crippen molar-refractivity contribution in [3.05, 3.63) is 27.7 Å². The van der Waals surface area contributed by atoms with Crippen molar-refractivity contribution in [2.75, 3.05) is 6.61 Å². The molecular formula is C14H17BrO2. The molecule has 1 N–H and O–H groups in total. The van der Waals surface area contributed by atoms with Gasteiger partial charge in [0.25, 0.3) is 0 Å². The first-order valence-electron chi connectivity index (χ1n) is 6.34. The molecule has 1 aliphatic heterocycles. The molecule has 0 radical (unpaired) electrons. The van der Waals surface area contributed by atoms with Crippen LogP contribution < -0.4 is 4.74 Å². The Balaban J connectivity index is 1.83. The highest BCUT2D eigenvalue weighted by Crippen LogP contribution is 2.37. The van der Waals surface area contributed by atoms with E-state index >= 15 is 0 Å². The standard InChI is InChI=1S/C14H17BrO2/c15-12-7-10-3-4-17-14(10)11(8-12)5-9-1-2-13(16)6-9/h7-9,13,16H,1-6H2. The second-order valence-corrected chi connectivity index (χ2v) is 6.10. The molecule has 2 atom stereocenters. The predicted octanol–water partition coefficient (Wildman–Crippen LogP) is 3.09. The Morgan fingerprint density at radius 1 is 1.35 bits per heavy atom. The molecule has 0 bridgehead atoms. The van der Waals surface area contributed by atoms with Gasteiger partial charge >= 0.3 is 0 Å². The third kappa shape index (κ3) is 2.36. The SMILES string of the molecule is OC1CCC(Cc2cc(Br)cc3c2OCC3)C1. The Hall–Kier alpha value is -0.540. The van der Waals surface area contributed by atoms with E-state index in [0.29, 0.717) is 5.92 Å². The molecule has 1 aromatic carbocycles. The minimum absolute atomic E-state index is 0.0823. The van der Waals surface area contributed by atoms with Gasteiger partial charge in [0.05, 0.1) is 12.7 Å². The molecule has 3 rings (SSSR count). The first-order chi connectivity index (χ1) is 8.22. The maximum absolute atomic E-state index is 9.59. The van der Waals surface area contributed by atoms with Gasteiger partial charge in [-0.3, -0.25) is 0 Å². The number of fused-ring (bicyclic) bond motifs is 1. The number of hydrogen-bond donors (Lipinski definition) is 1. The van der Waals surface area contributed by atoms with Crippen molar-refractivity contribution in [2.24, 2.45) is 5.92 Å².